The highest BCUT2D eigenvalue weighted by atomic mass is 35.5. The smallest absolute Gasteiger partial charge is 0.340 e. The molecule has 1 aliphatic rings. The zero-order valence-electron chi connectivity index (χ0n) is 14.5. The molecule has 1 aromatic carbocycles. The first-order valence-electron chi connectivity index (χ1n) is 8.25. The third kappa shape index (κ3) is 3.73. The lowest BCUT2D eigenvalue weighted by Gasteiger charge is -2.09. The minimum absolute atomic E-state index is 0.280. The number of hydrogen-bond donors (Lipinski definition) is 1. The first-order chi connectivity index (χ1) is 12.4. The molecule has 26 heavy (non-hydrogen) atoms. The second kappa shape index (κ2) is 7.22. The lowest BCUT2D eigenvalue weighted by molar-refractivity contribution is -0.119. The van der Waals surface area contributed by atoms with Gasteiger partial charge in [0.25, 0.3) is 5.91 Å². The Labute approximate surface area is 156 Å². The van der Waals surface area contributed by atoms with Crippen LogP contribution in [0.3, 0.4) is 0 Å². The molecule has 6 nitrogen and oxygen atoms in total. The summed E-state index contributed by atoms with van der Waals surface area (Å²) in [6.07, 6.45) is 2.24. The third-order valence-electron chi connectivity index (χ3n) is 4.33. The van der Waals surface area contributed by atoms with E-state index >= 15 is 0 Å². The molecule has 0 bridgehead atoms. The molecular formula is C19H18ClN3O3. The first-order valence-corrected chi connectivity index (χ1v) is 8.63. The number of amides is 1. The normalized spacial score (nSPS) is 13.2. The molecule has 1 N–H and O–H groups in total. The van der Waals surface area contributed by atoms with Gasteiger partial charge in [0.15, 0.2) is 6.61 Å². The zero-order chi connectivity index (χ0) is 18.8. The van der Waals surface area contributed by atoms with E-state index in [9.17, 15) is 9.59 Å². The average molecular weight is 372 g/mol. The summed E-state index contributed by atoms with van der Waals surface area (Å²) >= 11 is 5.88. The largest absolute Gasteiger partial charge is 0.452 e. The Balaban J connectivity index is 1.63. The number of nitriles is 1. The Bertz CT molecular complexity index is 923. The lowest BCUT2D eigenvalue weighted by atomic mass is 10.2. The number of anilines is 1. The van der Waals surface area contributed by atoms with Crippen molar-refractivity contribution in [3.63, 3.8) is 0 Å². The topological polar surface area (TPSA) is 84.1 Å². The van der Waals surface area contributed by atoms with Gasteiger partial charge in [0.1, 0.15) is 6.07 Å². The van der Waals surface area contributed by atoms with E-state index in [1.165, 1.54) is 12.1 Å². The highest BCUT2D eigenvalue weighted by Gasteiger charge is 2.28. The second-order valence-electron chi connectivity index (χ2n) is 6.31. The number of aromatic nitrogens is 1. The van der Waals surface area contributed by atoms with Gasteiger partial charge in [0, 0.05) is 22.5 Å². The molecule has 7 heteroatoms. The molecule has 0 unspecified atom stereocenters. The van der Waals surface area contributed by atoms with E-state index < -0.39 is 18.5 Å². The van der Waals surface area contributed by atoms with Gasteiger partial charge in [-0.05, 0) is 51.0 Å². The Morgan fingerprint density at radius 2 is 2.08 bits per heavy atom. The van der Waals surface area contributed by atoms with E-state index in [1.807, 2.05) is 19.9 Å². The number of esters is 1. The number of benzene rings is 1. The number of hydrogen-bond acceptors (Lipinski definition) is 4. The number of nitrogens with zero attached hydrogens (tertiary/aromatic N) is 2. The average Bonchev–Trinajstić information content (AvgIpc) is 3.38. The Morgan fingerprint density at radius 1 is 1.35 bits per heavy atom. The fourth-order valence-corrected chi connectivity index (χ4v) is 3.16. The van der Waals surface area contributed by atoms with E-state index in [0.29, 0.717) is 16.6 Å². The molecular weight excluding hydrogens is 354 g/mol. The predicted molar refractivity (Wildman–Crippen MR) is 97.3 cm³/mol. The maximum Gasteiger partial charge on any atom is 0.340 e. The van der Waals surface area contributed by atoms with Crippen LogP contribution >= 0.6 is 11.6 Å². The Hall–Kier alpha value is -2.78. The Kier molecular flexibility index (Phi) is 5.01. The fraction of sp³-hybridized carbons (Fsp3) is 0.316. The monoisotopic (exact) mass is 371 g/mol. The molecule has 1 aliphatic carbocycles. The number of rotatable bonds is 5. The lowest BCUT2D eigenvalue weighted by Crippen LogP contribution is -2.21. The molecule has 1 heterocycles. The van der Waals surface area contributed by atoms with Crippen molar-refractivity contribution in [3.8, 4) is 6.07 Å². The molecule has 1 fully saturated rings. The maximum atomic E-state index is 12.3. The molecule has 0 aliphatic heterocycles. The summed E-state index contributed by atoms with van der Waals surface area (Å²) in [5, 5.41) is 12.0. The standard InChI is InChI=1S/C19H18ClN3O3/c1-11-7-16(12(2)23(11)15-5-6-15)19(25)26-10-18(24)22-17-8-14(20)4-3-13(17)9-21/h3-4,7-8,15H,5-6,10H2,1-2H3,(H,22,24). The molecule has 134 valence electrons. The van der Waals surface area contributed by atoms with E-state index in [0.717, 1.165) is 24.2 Å². The summed E-state index contributed by atoms with van der Waals surface area (Å²) in [6, 6.07) is 8.77. The molecule has 1 saturated carbocycles. The van der Waals surface area contributed by atoms with Gasteiger partial charge in [0.2, 0.25) is 0 Å². The number of nitrogens with one attached hydrogen (secondary N) is 1. The summed E-state index contributed by atoms with van der Waals surface area (Å²) < 4.78 is 7.28. The minimum atomic E-state index is -0.535. The van der Waals surface area contributed by atoms with Gasteiger partial charge in [0.05, 0.1) is 16.8 Å². The molecule has 0 spiro atoms. The summed E-state index contributed by atoms with van der Waals surface area (Å²) in [5.74, 6) is -1.07. The van der Waals surface area contributed by atoms with E-state index in [2.05, 4.69) is 9.88 Å². The van der Waals surface area contributed by atoms with Crippen molar-refractivity contribution < 1.29 is 14.3 Å². The maximum absolute atomic E-state index is 12.3. The van der Waals surface area contributed by atoms with Crippen molar-refractivity contribution in [1.29, 1.82) is 5.26 Å². The summed E-state index contributed by atoms with van der Waals surface area (Å²) in [5.41, 5.74) is 2.91. The molecule has 1 aromatic heterocycles. The highest BCUT2D eigenvalue weighted by Crippen LogP contribution is 2.38. The molecule has 0 atom stereocenters. The SMILES string of the molecule is Cc1cc(C(=O)OCC(=O)Nc2cc(Cl)ccc2C#N)c(C)n1C1CC1. The van der Waals surface area contributed by atoms with Crippen LogP contribution in [0.15, 0.2) is 24.3 Å². The van der Waals surface area contributed by atoms with Crippen molar-refractivity contribution in [3.05, 3.63) is 51.8 Å². The highest BCUT2D eigenvalue weighted by molar-refractivity contribution is 6.31. The van der Waals surface area contributed by atoms with Crippen LogP contribution in [0, 0.1) is 25.2 Å². The van der Waals surface area contributed by atoms with Gasteiger partial charge >= 0.3 is 5.97 Å². The second-order valence-corrected chi connectivity index (χ2v) is 6.75. The van der Waals surface area contributed by atoms with E-state index in [-0.39, 0.29) is 11.3 Å². The number of halogens is 1. The van der Waals surface area contributed by atoms with Crippen LogP contribution in [0.1, 0.15) is 46.2 Å². The van der Waals surface area contributed by atoms with Gasteiger partial charge in [-0.2, -0.15) is 5.26 Å². The van der Waals surface area contributed by atoms with Gasteiger partial charge in [-0.15, -0.1) is 0 Å². The van der Waals surface area contributed by atoms with Gasteiger partial charge < -0.3 is 14.6 Å². The van der Waals surface area contributed by atoms with Gasteiger partial charge in [-0.3, -0.25) is 4.79 Å². The van der Waals surface area contributed by atoms with Crippen LogP contribution in [0.25, 0.3) is 0 Å². The van der Waals surface area contributed by atoms with Crippen LogP contribution in [-0.2, 0) is 9.53 Å². The summed E-state index contributed by atoms with van der Waals surface area (Å²) in [7, 11) is 0. The van der Waals surface area contributed by atoms with Crippen LogP contribution in [0.4, 0.5) is 5.69 Å². The van der Waals surface area contributed by atoms with Crippen molar-refractivity contribution in [2.75, 3.05) is 11.9 Å². The summed E-state index contributed by atoms with van der Waals surface area (Å²) in [6.45, 7) is 3.40. The summed E-state index contributed by atoms with van der Waals surface area (Å²) in [4.78, 5) is 24.4. The van der Waals surface area contributed by atoms with E-state index in [4.69, 9.17) is 21.6 Å². The molecule has 2 aromatic rings. The van der Waals surface area contributed by atoms with Crippen molar-refractivity contribution in [1.82, 2.24) is 4.57 Å². The number of aryl methyl sites for hydroxylation is 1. The predicted octanol–water partition coefficient (Wildman–Crippen LogP) is 3.76. The molecule has 0 radical (unpaired) electrons. The quantitative estimate of drug-likeness (QED) is 0.811. The van der Waals surface area contributed by atoms with Crippen LogP contribution in [-0.4, -0.2) is 23.1 Å². The third-order valence-corrected chi connectivity index (χ3v) is 4.56. The number of carbonyl (C=O) groups is 2. The molecule has 3 rings (SSSR count). The molecule has 1 amide bonds. The van der Waals surface area contributed by atoms with Crippen LogP contribution in [0.2, 0.25) is 5.02 Å². The van der Waals surface area contributed by atoms with Crippen molar-refractivity contribution in [2.24, 2.45) is 0 Å². The number of carbonyl (C=O) groups excluding carboxylic acids is 2. The zero-order valence-corrected chi connectivity index (χ0v) is 15.3. The van der Waals surface area contributed by atoms with Crippen molar-refractivity contribution in [2.45, 2.75) is 32.7 Å². The fourth-order valence-electron chi connectivity index (χ4n) is 2.99. The van der Waals surface area contributed by atoms with E-state index in [1.54, 1.807) is 12.1 Å². The van der Waals surface area contributed by atoms with Gasteiger partial charge in [-0.25, -0.2) is 4.79 Å². The Morgan fingerprint density at radius 3 is 2.73 bits per heavy atom. The van der Waals surface area contributed by atoms with Crippen LogP contribution < -0.4 is 5.32 Å². The van der Waals surface area contributed by atoms with Crippen molar-refractivity contribution >= 4 is 29.2 Å². The minimum Gasteiger partial charge on any atom is -0.452 e. The van der Waals surface area contributed by atoms with Gasteiger partial charge in [-0.1, -0.05) is 11.6 Å². The number of ether oxygens (including phenoxy) is 1. The van der Waals surface area contributed by atoms with Crippen LogP contribution in [0.5, 0.6) is 0 Å². The first kappa shape index (κ1) is 18.0. The molecule has 0 saturated heterocycles.